The van der Waals surface area contributed by atoms with E-state index in [1.807, 2.05) is 0 Å². The number of nitrogens with two attached hydrogens (primary N) is 1. The first-order chi connectivity index (χ1) is 12.6. The molecular formula is C18H26N6O2. The van der Waals surface area contributed by atoms with E-state index < -0.39 is 0 Å². The van der Waals surface area contributed by atoms with Gasteiger partial charge in [0.05, 0.1) is 19.4 Å². The van der Waals surface area contributed by atoms with Gasteiger partial charge in [0.25, 0.3) is 0 Å². The molecule has 26 heavy (non-hydrogen) atoms. The average Bonchev–Trinajstić information content (AvgIpc) is 2.66. The summed E-state index contributed by atoms with van der Waals surface area (Å²) in [6, 6.07) is 7.03. The minimum absolute atomic E-state index is 0.179. The molecule has 0 saturated carbocycles. The van der Waals surface area contributed by atoms with Gasteiger partial charge in [-0.15, -0.1) is 0 Å². The Labute approximate surface area is 154 Å². The van der Waals surface area contributed by atoms with Gasteiger partial charge in [0, 0.05) is 12.6 Å². The van der Waals surface area contributed by atoms with Crippen LogP contribution in [-0.2, 0) is 0 Å². The quantitative estimate of drug-likeness (QED) is 0.269. The summed E-state index contributed by atoms with van der Waals surface area (Å²) in [6.45, 7) is 4.06. The number of amidine groups is 1. The number of hydrogen-bond donors (Lipinski definition) is 3. The van der Waals surface area contributed by atoms with Gasteiger partial charge in [-0.3, -0.25) is 10.8 Å². The topological polar surface area (TPSA) is 120 Å². The van der Waals surface area contributed by atoms with Gasteiger partial charge in [0.1, 0.15) is 6.07 Å². The fourth-order valence-corrected chi connectivity index (χ4v) is 2.78. The van der Waals surface area contributed by atoms with Crippen molar-refractivity contribution in [2.75, 3.05) is 38.8 Å². The van der Waals surface area contributed by atoms with Crippen LogP contribution < -0.4 is 20.6 Å². The molecule has 0 unspecified atom stereocenters. The third-order valence-electron chi connectivity index (χ3n) is 4.15. The molecule has 8 nitrogen and oxygen atoms in total. The molecule has 140 valence electrons. The van der Waals surface area contributed by atoms with Gasteiger partial charge in [-0.05, 0) is 44.5 Å². The fourth-order valence-electron chi connectivity index (χ4n) is 2.78. The Morgan fingerprint density at radius 2 is 2.12 bits per heavy atom. The van der Waals surface area contributed by atoms with E-state index in [0.29, 0.717) is 23.8 Å². The zero-order valence-corrected chi connectivity index (χ0v) is 15.1. The second-order valence-corrected chi connectivity index (χ2v) is 6.07. The summed E-state index contributed by atoms with van der Waals surface area (Å²) < 4.78 is 11.2. The first-order valence-electron chi connectivity index (χ1n) is 8.75. The molecule has 1 fully saturated rings. The number of benzene rings is 1. The van der Waals surface area contributed by atoms with Crippen LogP contribution in [0.1, 0.15) is 25.7 Å². The number of nitrogens with one attached hydrogen (secondary N) is 2. The summed E-state index contributed by atoms with van der Waals surface area (Å²) in [4.78, 5) is 2.48. The molecule has 4 N–H and O–H groups in total. The van der Waals surface area contributed by atoms with Crippen LogP contribution in [0.2, 0.25) is 0 Å². The van der Waals surface area contributed by atoms with Crippen molar-refractivity contribution in [1.82, 2.24) is 4.90 Å². The van der Waals surface area contributed by atoms with E-state index in [0.717, 1.165) is 13.0 Å². The number of nitriles is 1. The Bertz CT molecular complexity index is 677. The minimum atomic E-state index is -0.388. The van der Waals surface area contributed by atoms with E-state index in [1.165, 1.54) is 32.4 Å². The second kappa shape index (κ2) is 10.3. The van der Waals surface area contributed by atoms with Crippen molar-refractivity contribution in [3.63, 3.8) is 0 Å². The van der Waals surface area contributed by atoms with Gasteiger partial charge in [-0.1, -0.05) is 6.42 Å². The van der Waals surface area contributed by atoms with Crippen molar-refractivity contribution in [1.29, 1.82) is 10.7 Å². The molecule has 0 bridgehead atoms. The predicted molar refractivity (Wildman–Crippen MR) is 102 cm³/mol. The lowest BCUT2D eigenvalue weighted by molar-refractivity contribution is 0.203. The van der Waals surface area contributed by atoms with Gasteiger partial charge >= 0.3 is 0 Å². The fraction of sp³-hybridized carbons (Fsp3) is 0.500. The molecule has 0 radical (unpaired) electrons. The highest BCUT2D eigenvalue weighted by atomic mass is 16.5. The maximum atomic E-state index is 8.84. The Balaban J connectivity index is 1.87. The number of ether oxygens (including phenoxy) is 2. The van der Waals surface area contributed by atoms with Crippen molar-refractivity contribution in [2.24, 2.45) is 10.8 Å². The van der Waals surface area contributed by atoms with Crippen LogP contribution in [0.5, 0.6) is 11.5 Å². The van der Waals surface area contributed by atoms with Crippen LogP contribution in [0, 0.1) is 16.7 Å². The second-order valence-electron chi connectivity index (χ2n) is 6.07. The van der Waals surface area contributed by atoms with Gasteiger partial charge in [0.2, 0.25) is 5.71 Å². The number of likely N-dealkylation sites (tertiary alicyclic amines) is 1. The SMILES string of the molecule is COc1cc(N/N=C(\C#N)C(=N)N)ccc1OCCCN1CCCCC1. The number of methoxy groups -OCH3 is 1. The molecular weight excluding hydrogens is 332 g/mol. The standard InChI is InChI=1S/C18H26N6O2/c1-25-17-12-14(22-23-15(13-19)18(20)21)6-7-16(17)26-11-5-10-24-8-3-2-4-9-24/h6-7,12,22H,2-5,8-11H2,1H3,(H3,20,21)/b23-15+. The highest BCUT2D eigenvalue weighted by Gasteiger charge is 2.10. The zero-order valence-electron chi connectivity index (χ0n) is 15.1. The highest BCUT2D eigenvalue weighted by Crippen LogP contribution is 2.30. The smallest absolute Gasteiger partial charge is 0.201 e. The molecule has 1 saturated heterocycles. The van der Waals surface area contributed by atoms with Crippen molar-refractivity contribution < 1.29 is 9.47 Å². The molecule has 1 heterocycles. The van der Waals surface area contributed by atoms with E-state index in [1.54, 1.807) is 31.4 Å². The molecule has 0 amide bonds. The van der Waals surface area contributed by atoms with Gasteiger partial charge < -0.3 is 20.1 Å². The average molecular weight is 358 g/mol. The number of hydrazone groups is 1. The molecule has 0 spiro atoms. The first kappa shape index (κ1) is 19.5. The van der Waals surface area contributed by atoms with E-state index in [4.69, 9.17) is 25.9 Å². The Kier molecular flexibility index (Phi) is 7.71. The molecule has 1 aliphatic rings. The lowest BCUT2D eigenvalue weighted by atomic mass is 10.1. The number of anilines is 1. The molecule has 1 aromatic rings. The summed E-state index contributed by atoms with van der Waals surface area (Å²) in [5.74, 6) is 0.845. The lowest BCUT2D eigenvalue weighted by Crippen LogP contribution is -2.31. The number of hydrogen-bond acceptors (Lipinski definition) is 7. The maximum Gasteiger partial charge on any atom is 0.201 e. The van der Waals surface area contributed by atoms with Gasteiger partial charge in [0.15, 0.2) is 17.3 Å². The van der Waals surface area contributed by atoms with E-state index in [-0.39, 0.29) is 11.5 Å². The summed E-state index contributed by atoms with van der Waals surface area (Å²) >= 11 is 0. The molecule has 0 atom stereocenters. The van der Waals surface area contributed by atoms with Crippen molar-refractivity contribution in [3.05, 3.63) is 18.2 Å². The van der Waals surface area contributed by atoms with Crippen molar-refractivity contribution in [3.8, 4) is 17.6 Å². The van der Waals surface area contributed by atoms with E-state index in [9.17, 15) is 0 Å². The summed E-state index contributed by atoms with van der Waals surface area (Å²) in [5.41, 5.74) is 8.38. The molecule has 1 aromatic carbocycles. The van der Waals surface area contributed by atoms with Crippen LogP contribution in [0.25, 0.3) is 0 Å². The number of rotatable bonds is 9. The molecule has 0 aromatic heterocycles. The van der Waals surface area contributed by atoms with E-state index in [2.05, 4.69) is 15.4 Å². The molecule has 8 heteroatoms. The molecule has 0 aliphatic carbocycles. The van der Waals surface area contributed by atoms with E-state index >= 15 is 0 Å². The minimum Gasteiger partial charge on any atom is -0.493 e. The normalized spacial score (nSPS) is 15.2. The highest BCUT2D eigenvalue weighted by molar-refractivity contribution is 6.45. The van der Waals surface area contributed by atoms with Gasteiger partial charge in [-0.2, -0.15) is 10.4 Å². The zero-order chi connectivity index (χ0) is 18.8. The lowest BCUT2D eigenvalue weighted by Gasteiger charge is -2.26. The monoisotopic (exact) mass is 358 g/mol. The predicted octanol–water partition coefficient (Wildman–Crippen LogP) is 2.18. The summed E-state index contributed by atoms with van der Waals surface area (Å²) in [7, 11) is 1.57. The maximum absolute atomic E-state index is 8.84. The largest absolute Gasteiger partial charge is 0.493 e. The Morgan fingerprint density at radius 1 is 1.35 bits per heavy atom. The van der Waals surface area contributed by atoms with Crippen LogP contribution in [0.4, 0.5) is 5.69 Å². The third kappa shape index (κ3) is 5.93. The van der Waals surface area contributed by atoms with Gasteiger partial charge in [-0.25, -0.2) is 0 Å². The van der Waals surface area contributed by atoms with Crippen LogP contribution in [0.3, 0.4) is 0 Å². The third-order valence-corrected chi connectivity index (χ3v) is 4.15. The first-order valence-corrected chi connectivity index (χ1v) is 8.75. The molecule has 1 aliphatic heterocycles. The van der Waals surface area contributed by atoms with Crippen molar-refractivity contribution >= 4 is 17.2 Å². The summed E-state index contributed by atoms with van der Waals surface area (Å²) in [6.07, 6.45) is 4.90. The number of piperidine rings is 1. The van der Waals surface area contributed by atoms with Crippen LogP contribution in [0.15, 0.2) is 23.3 Å². The summed E-state index contributed by atoms with van der Waals surface area (Å²) in [5, 5.41) is 19.9. The van der Waals surface area contributed by atoms with Crippen molar-refractivity contribution in [2.45, 2.75) is 25.7 Å². The number of nitrogens with zero attached hydrogens (tertiary/aromatic N) is 3. The molecule has 2 rings (SSSR count). The Morgan fingerprint density at radius 3 is 2.77 bits per heavy atom. The Hall–Kier alpha value is -2.79. The van der Waals surface area contributed by atoms with Crippen LogP contribution >= 0.6 is 0 Å². The van der Waals surface area contributed by atoms with Crippen LogP contribution in [-0.4, -0.2) is 49.8 Å².